The highest BCUT2D eigenvalue weighted by atomic mass is 16.2. The van der Waals surface area contributed by atoms with Gasteiger partial charge in [0.1, 0.15) is 0 Å². The summed E-state index contributed by atoms with van der Waals surface area (Å²) in [4.78, 5) is 30.9. The van der Waals surface area contributed by atoms with Crippen LogP contribution in [0.3, 0.4) is 0 Å². The zero-order chi connectivity index (χ0) is 23.7. The van der Waals surface area contributed by atoms with Crippen molar-refractivity contribution in [3.63, 3.8) is 0 Å². The zero-order valence-corrected chi connectivity index (χ0v) is 19.6. The van der Waals surface area contributed by atoms with Crippen molar-refractivity contribution in [2.45, 2.75) is 20.4 Å². The van der Waals surface area contributed by atoms with Crippen molar-refractivity contribution in [2.24, 2.45) is 0 Å². The number of benzene rings is 3. The summed E-state index contributed by atoms with van der Waals surface area (Å²) in [5, 5.41) is 5.70. The summed E-state index contributed by atoms with van der Waals surface area (Å²) in [6.45, 7) is 7.34. The van der Waals surface area contributed by atoms with Gasteiger partial charge in [0.2, 0.25) is 0 Å². The van der Waals surface area contributed by atoms with Crippen LogP contribution in [0.4, 0.5) is 5.69 Å². The summed E-state index contributed by atoms with van der Waals surface area (Å²) in [7, 11) is 0. The third kappa shape index (κ3) is 4.07. The number of fused-ring (bicyclic) bond motifs is 1. The molecule has 1 aromatic heterocycles. The van der Waals surface area contributed by atoms with E-state index in [1.165, 1.54) is 21.5 Å². The molecule has 2 heterocycles. The van der Waals surface area contributed by atoms with Gasteiger partial charge in [0.05, 0.1) is 11.9 Å². The van der Waals surface area contributed by atoms with Crippen molar-refractivity contribution in [2.75, 3.05) is 31.1 Å². The number of carbonyl (C=O) groups is 1. The molecule has 4 aromatic rings. The van der Waals surface area contributed by atoms with Gasteiger partial charge >= 0.3 is 0 Å². The van der Waals surface area contributed by atoms with E-state index in [1.807, 2.05) is 53.4 Å². The molecular formula is C28H28N4O2. The number of amides is 1. The van der Waals surface area contributed by atoms with Crippen LogP contribution in [0, 0.1) is 13.8 Å². The summed E-state index contributed by atoms with van der Waals surface area (Å²) in [6, 6.07) is 23.3. The maximum atomic E-state index is 13.6. The van der Waals surface area contributed by atoms with Gasteiger partial charge in [-0.2, -0.15) is 5.10 Å². The molecule has 172 valence electrons. The molecule has 0 unspecified atom stereocenters. The van der Waals surface area contributed by atoms with Gasteiger partial charge in [-0.25, -0.2) is 4.68 Å². The van der Waals surface area contributed by atoms with Crippen LogP contribution < -0.4 is 10.5 Å². The maximum absolute atomic E-state index is 13.6. The quantitative estimate of drug-likeness (QED) is 0.469. The summed E-state index contributed by atoms with van der Waals surface area (Å²) < 4.78 is 1.41. The fourth-order valence-corrected chi connectivity index (χ4v) is 4.64. The van der Waals surface area contributed by atoms with Crippen LogP contribution in [0.5, 0.6) is 0 Å². The fraction of sp³-hybridized carbons (Fsp3) is 0.250. The summed E-state index contributed by atoms with van der Waals surface area (Å²) >= 11 is 0. The van der Waals surface area contributed by atoms with Crippen LogP contribution >= 0.6 is 0 Å². The Labute approximate surface area is 199 Å². The standard InChI is InChI=1S/C28H28N4O2/c1-20-9-8-14-25(21(20)2)30-15-17-31(18-16-30)28(34)26-23-12-6-7-13-24(23)27(33)32(29-26)19-22-10-4-3-5-11-22/h3-14H,15-19H2,1-2H3. The van der Waals surface area contributed by atoms with Crippen molar-refractivity contribution < 1.29 is 4.79 Å². The molecule has 6 nitrogen and oxygen atoms in total. The first-order valence-electron chi connectivity index (χ1n) is 11.7. The molecule has 0 bridgehead atoms. The Morgan fingerprint density at radius 3 is 2.24 bits per heavy atom. The van der Waals surface area contributed by atoms with E-state index in [9.17, 15) is 9.59 Å². The number of anilines is 1. The minimum Gasteiger partial charge on any atom is -0.368 e. The lowest BCUT2D eigenvalue weighted by Gasteiger charge is -2.37. The third-order valence-electron chi connectivity index (χ3n) is 6.73. The van der Waals surface area contributed by atoms with Crippen LogP contribution in [0.1, 0.15) is 27.2 Å². The van der Waals surface area contributed by atoms with Crippen LogP contribution in [0.15, 0.2) is 77.6 Å². The smallest absolute Gasteiger partial charge is 0.275 e. The lowest BCUT2D eigenvalue weighted by molar-refractivity contribution is 0.0740. The number of hydrogen-bond donors (Lipinski definition) is 0. The summed E-state index contributed by atoms with van der Waals surface area (Å²) in [5.74, 6) is -0.126. The molecule has 1 aliphatic heterocycles. The number of rotatable bonds is 4. The number of carbonyl (C=O) groups excluding carboxylic acids is 1. The predicted molar refractivity (Wildman–Crippen MR) is 136 cm³/mol. The number of hydrogen-bond acceptors (Lipinski definition) is 4. The predicted octanol–water partition coefficient (Wildman–Crippen LogP) is 4.02. The molecule has 3 aromatic carbocycles. The van der Waals surface area contributed by atoms with E-state index in [0.717, 1.165) is 18.7 Å². The molecule has 1 aliphatic rings. The lowest BCUT2D eigenvalue weighted by Crippen LogP contribution is -2.49. The molecule has 6 heteroatoms. The zero-order valence-electron chi connectivity index (χ0n) is 19.6. The second-order valence-corrected chi connectivity index (χ2v) is 8.84. The molecule has 1 fully saturated rings. The minimum atomic E-state index is -0.184. The highest BCUT2D eigenvalue weighted by Gasteiger charge is 2.26. The van der Waals surface area contributed by atoms with E-state index in [1.54, 1.807) is 6.07 Å². The average Bonchev–Trinajstić information content (AvgIpc) is 2.88. The summed E-state index contributed by atoms with van der Waals surface area (Å²) in [5.41, 5.74) is 4.90. The first-order chi connectivity index (χ1) is 16.5. The van der Waals surface area contributed by atoms with Crippen molar-refractivity contribution in [1.29, 1.82) is 0 Å². The summed E-state index contributed by atoms with van der Waals surface area (Å²) in [6.07, 6.45) is 0. The van der Waals surface area contributed by atoms with E-state index < -0.39 is 0 Å². The number of piperazine rings is 1. The van der Waals surface area contributed by atoms with E-state index in [-0.39, 0.29) is 11.5 Å². The van der Waals surface area contributed by atoms with Gasteiger partial charge in [-0.15, -0.1) is 0 Å². The van der Waals surface area contributed by atoms with Crippen molar-refractivity contribution in [3.05, 3.63) is 106 Å². The molecule has 0 aliphatic carbocycles. The monoisotopic (exact) mass is 452 g/mol. The Bertz CT molecular complexity index is 1400. The van der Waals surface area contributed by atoms with Gasteiger partial charge in [-0.3, -0.25) is 9.59 Å². The molecule has 0 N–H and O–H groups in total. The number of nitrogens with zero attached hydrogens (tertiary/aromatic N) is 4. The Balaban J connectivity index is 1.44. The van der Waals surface area contributed by atoms with Gasteiger partial charge < -0.3 is 9.80 Å². The normalized spacial score (nSPS) is 13.9. The van der Waals surface area contributed by atoms with Gasteiger partial charge in [0.15, 0.2) is 5.69 Å². The molecule has 1 amide bonds. The first-order valence-corrected chi connectivity index (χ1v) is 11.7. The Morgan fingerprint density at radius 2 is 1.50 bits per heavy atom. The third-order valence-corrected chi connectivity index (χ3v) is 6.73. The van der Waals surface area contributed by atoms with Crippen LogP contribution in [-0.2, 0) is 6.54 Å². The molecule has 0 spiro atoms. The van der Waals surface area contributed by atoms with Crippen LogP contribution in [-0.4, -0.2) is 46.8 Å². The van der Waals surface area contributed by atoms with Crippen molar-refractivity contribution >= 4 is 22.4 Å². The van der Waals surface area contributed by atoms with Crippen LogP contribution in [0.2, 0.25) is 0 Å². The Hall–Kier alpha value is -3.93. The fourth-order valence-electron chi connectivity index (χ4n) is 4.64. The molecule has 0 atom stereocenters. The molecule has 5 rings (SSSR count). The minimum absolute atomic E-state index is 0.126. The molecule has 1 saturated heterocycles. The van der Waals surface area contributed by atoms with E-state index >= 15 is 0 Å². The second-order valence-electron chi connectivity index (χ2n) is 8.84. The van der Waals surface area contributed by atoms with Gasteiger partial charge in [-0.05, 0) is 42.7 Å². The lowest BCUT2D eigenvalue weighted by atomic mass is 10.1. The highest BCUT2D eigenvalue weighted by Crippen LogP contribution is 2.24. The SMILES string of the molecule is Cc1cccc(N2CCN(C(=O)c3nn(Cc4ccccc4)c(=O)c4ccccc34)CC2)c1C. The number of aromatic nitrogens is 2. The largest absolute Gasteiger partial charge is 0.368 e. The van der Waals surface area contributed by atoms with Gasteiger partial charge in [0.25, 0.3) is 11.5 Å². The van der Waals surface area contributed by atoms with E-state index in [4.69, 9.17) is 0 Å². The topological polar surface area (TPSA) is 58.4 Å². The van der Waals surface area contributed by atoms with Crippen LogP contribution in [0.25, 0.3) is 10.8 Å². The molecule has 0 saturated carbocycles. The molecular weight excluding hydrogens is 424 g/mol. The van der Waals surface area contributed by atoms with Gasteiger partial charge in [-0.1, -0.05) is 60.7 Å². The Morgan fingerprint density at radius 1 is 0.824 bits per heavy atom. The number of aryl methyl sites for hydroxylation is 1. The average molecular weight is 453 g/mol. The van der Waals surface area contributed by atoms with Gasteiger partial charge in [0, 0.05) is 37.3 Å². The highest BCUT2D eigenvalue weighted by molar-refractivity contribution is 6.04. The molecule has 0 radical (unpaired) electrons. The van der Waals surface area contributed by atoms with E-state index in [2.05, 4.69) is 42.0 Å². The maximum Gasteiger partial charge on any atom is 0.275 e. The first kappa shape index (κ1) is 21.9. The Kier molecular flexibility index (Phi) is 5.88. The molecule has 34 heavy (non-hydrogen) atoms. The van der Waals surface area contributed by atoms with Crippen molar-refractivity contribution in [1.82, 2.24) is 14.7 Å². The van der Waals surface area contributed by atoms with Crippen molar-refractivity contribution in [3.8, 4) is 0 Å². The van der Waals surface area contributed by atoms with E-state index in [0.29, 0.717) is 36.1 Å². The second kappa shape index (κ2) is 9.14.